The van der Waals surface area contributed by atoms with Gasteiger partial charge in [0.1, 0.15) is 5.75 Å². The van der Waals surface area contributed by atoms with E-state index in [4.69, 9.17) is 4.74 Å². The third-order valence-electron chi connectivity index (χ3n) is 6.03. The van der Waals surface area contributed by atoms with Crippen molar-refractivity contribution in [2.75, 3.05) is 49.5 Å². The van der Waals surface area contributed by atoms with Crippen LogP contribution >= 0.6 is 0 Å². The second-order valence-corrected chi connectivity index (χ2v) is 8.28. The first-order chi connectivity index (χ1) is 17.1. The number of nitrogens with zero attached hydrogens (tertiary/aromatic N) is 3. The van der Waals surface area contributed by atoms with E-state index in [0.29, 0.717) is 24.6 Å². The molecule has 35 heavy (non-hydrogen) atoms. The van der Waals surface area contributed by atoms with Crippen molar-refractivity contribution in [1.82, 2.24) is 15.2 Å². The van der Waals surface area contributed by atoms with Gasteiger partial charge in [0.25, 0.3) is 0 Å². The number of pyridine rings is 1. The summed E-state index contributed by atoms with van der Waals surface area (Å²) >= 11 is 0. The first-order valence-electron chi connectivity index (χ1n) is 11.9. The fraction of sp³-hybridized carbons (Fsp3) is 0.296. The van der Waals surface area contributed by atoms with Crippen molar-refractivity contribution >= 4 is 23.2 Å². The van der Waals surface area contributed by atoms with Crippen LogP contribution in [0.1, 0.15) is 18.5 Å². The van der Waals surface area contributed by atoms with Gasteiger partial charge in [-0.1, -0.05) is 24.3 Å². The van der Waals surface area contributed by atoms with Crippen LogP contribution in [-0.2, 0) is 9.59 Å². The second kappa shape index (κ2) is 12.0. The van der Waals surface area contributed by atoms with E-state index >= 15 is 0 Å². The Labute approximate surface area is 205 Å². The lowest BCUT2D eigenvalue weighted by Crippen LogP contribution is -2.50. The van der Waals surface area contributed by atoms with Crippen LogP contribution < -0.4 is 20.3 Å². The molecule has 8 heteroatoms. The molecule has 0 aliphatic carbocycles. The van der Waals surface area contributed by atoms with Crippen molar-refractivity contribution in [1.29, 1.82) is 0 Å². The predicted molar refractivity (Wildman–Crippen MR) is 136 cm³/mol. The van der Waals surface area contributed by atoms with Gasteiger partial charge >= 0.3 is 11.8 Å². The molecule has 0 saturated carbocycles. The van der Waals surface area contributed by atoms with E-state index in [1.165, 1.54) is 5.69 Å². The predicted octanol–water partition coefficient (Wildman–Crippen LogP) is 3.10. The molecule has 0 spiro atoms. The molecule has 4 rings (SSSR count). The molecular weight excluding hydrogens is 442 g/mol. The van der Waals surface area contributed by atoms with Gasteiger partial charge in [0.05, 0.1) is 12.6 Å². The van der Waals surface area contributed by atoms with Crippen LogP contribution in [0.2, 0.25) is 0 Å². The normalized spacial score (nSPS) is 14.7. The molecule has 1 aromatic heterocycles. The number of hydrogen-bond donors (Lipinski definition) is 2. The molecule has 1 aliphatic rings. The van der Waals surface area contributed by atoms with Crippen LogP contribution in [0.5, 0.6) is 5.75 Å². The van der Waals surface area contributed by atoms with Crippen LogP contribution in [0.3, 0.4) is 0 Å². The number of amides is 2. The fourth-order valence-electron chi connectivity index (χ4n) is 4.22. The smallest absolute Gasteiger partial charge is 0.313 e. The largest absolute Gasteiger partial charge is 0.494 e. The molecule has 0 bridgehead atoms. The molecule has 8 nitrogen and oxygen atoms in total. The quantitative estimate of drug-likeness (QED) is 0.489. The highest BCUT2D eigenvalue weighted by atomic mass is 16.5. The number of anilines is 2. The molecule has 3 aromatic rings. The molecule has 2 N–H and O–H groups in total. The van der Waals surface area contributed by atoms with Crippen molar-refractivity contribution in [3.05, 3.63) is 84.7 Å². The monoisotopic (exact) mass is 473 g/mol. The average molecular weight is 474 g/mol. The first-order valence-corrected chi connectivity index (χ1v) is 11.9. The van der Waals surface area contributed by atoms with Gasteiger partial charge in [-0.15, -0.1) is 0 Å². The minimum absolute atomic E-state index is 0.0798. The number of aromatic nitrogens is 1. The van der Waals surface area contributed by atoms with Crippen molar-refractivity contribution in [3.8, 4) is 5.75 Å². The molecule has 1 atom stereocenters. The maximum absolute atomic E-state index is 12.6. The van der Waals surface area contributed by atoms with Crippen LogP contribution in [0, 0.1) is 0 Å². The standard InChI is InChI=1S/C27H31N5O3/c1-2-35-24-12-10-22(11-13-24)30-27(34)26(33)29-20-25(21-7-6-14-28-19-21)32-17-15-31(16-18-32)23-8-4-3-5-9-23/h3-14,19,25H,2,15-18,20H2,1H3,(H,29,33)(H,30,34). The summed E-state index contributed by atoms with van der Waals surface area (Å²) in [6.07, 6.45) is 3.55. The van der Waals surface area contributed by atoms with Gasteiger partial charge in [0.15, 0.2) is 0 Å². The van der Waals surface area contributed by atoms with Gasteiger partial charge in [-0.2, -0.15) is 0 Å². The van der Waals surface area contributed by atoms with Gasteiger partial charge in [0, 0.05) is 56.5 Å². The van der Waals surface area contributed by atoms with E-state index < -0.39 is 11.8 Å². The lowest BCUT2D eigenvalue weighted by molar-refractivity contribution is -0.136. The van der Waals surface area contributed by atoms with Gasteiger partial charge in [0.2, 0.25) is 0 Å². The Morgan fingerprint density at radius 3 is 2.34 bits per heavy atom. The van der Waals surface area contributed by atoms with Gasteiger partial charge < -0.3 is 20.3 Å². The Morgan fingerprint density at radius 2 is 1.69 bits per heavy atom. The van der Waals surface area contributed by atoms with Crippen LogP contribution in [0.15, 0.2) is 79.1 Å². The number of benzene rings is 2. The molecule has 0 radical (unpaired) electrons. The molecule has 1 fully saturated rings. The summed E-state index contributed by atoms with van der Waals surface area (Å²) in [4.78, 5) is 34.0. The third kappa shape index (κ3) is 6.58. The van der Waals surface area contributed by atoms with E-state index in [1.807, 2.05) is 43.5 Å². The molecule has 1 aliphatic heterocycles. The Kier molecular flexibility index (Phi) is 8.30. The topological polar surface area (TPSA) is 86.8 Å². The fourth-order valence-corrected chi connectivity index (χ4v) is 4.22. The summed E-state index contributed by atoms with van der Waals surface area (Å²) in [5.74, 6) is -0.662. The minimum Gasteiger partial charge on any atom is -0.494 e. The zero-order chi connectivity index (χ0) is 24.5. The van der Waals surface area contributed by atoms with Gasteiger partial charge in [-0.05, 0) is 55.0 Å². The second-order valence-electron chi connectivity index (χ2n) is 8.28. The molecule has 1 unspecified atom stereocenters. The summed E-state index contributed by atoms with van der Waals surface area (Å²) in [6.45, 7) is 6.22. The van der Waals surface area contributed by atoms with Crippen molar-refractivity contribution in [2.45, 2.75) is 13.0 Å². The number of carbonyl (C=O) groups excluding carboxylic acids is 2. The van der Waals surface area contributed by atoms with E-state index in [1.54, 1.807) is 30.5 Å². The summed E-state index contributed by atoms with van der Waals surface area (Å²) in [6, 6.07) is 21.1. The van der Waals surface area contributed by atoms with E-state index in [0.717, 1.165) is 31.7 Å². The van der Waals surface area contributed by atoms with E-state index in [9.17, 15) is 9.59 Å². The Bertz CT molecular complexity index is 1080. The van der Waals surface area contributed by atoms with Crippen molar-refractivity contribution < 1.29 is 14.3 Å². The third-order valence-corrected chi connectivity index (χ3v) is 6.03. The minimum atomic E-state index is -0.701. The summed E-state index contributed by atoms with van der Waals surface area (Å²) in [5.41, 5.74) is 2.76. The lowest BCUT2D eigenvalue weighted by atomic mass is 10.1. The zero-order valence-corrected chi connectivity index (χ0v) is 19.9. The van der Waals surface area contributed by atoms with Gasteiger partial charge in [-0.3, -0.25) is 19.5 Å². The summed E-state index contributed by atoms with van der Waals surface area (Å²) < 4.78 is 5.40. The van der Waals surface area contributed by atoms with Crippen LogP contribution in [-0.4, -0.2) is 61.0 Å². The summed E-state index contributed by atoms with van der Waals surface area (Å²) in [5, 5.41) is 5.45. The molecular formula is C27H31N5O3. The maximum Gasteiger partial charge on any atom is 0.313 e. The highest BCUT2D eigenvalue weighted by molar-refractivity contribution is 6.39. The van der Waals surface area contributed by atoms with E-state index in [-0.39, 0.29) is 6.04 Å². The summed E-state index contributed by atoms with van der Waals surface area (Å²) in [7, 11) is 0. The Hall–Kier alpha value is -3.91. The molecule has 182 valence electrons. The highest BCUT2D eigenvalue weighted by Gasteiger charge is 2.26. The Balaban J connectivity index is 1.35. The van der Waals surface area contributed by atoms with Gasteiger partial charge in [-0.25, -0.2) is 0 Å². The number of hydrogen-bond acceptors (Lipinski definition) is 6. The molecule has 1 saturated heterocycles. The molecule has 2 amide bonds. The van der Waals surface area contributed by atoms with E-state index in [2.05, 4.69) is 37.6 Å². The zero-order valence-electron chi connectivity index (χ0n) is 19.9. The SMILES string of the molecule is CCOc1ccc(NC(=O)C(=O)NCC(c2cccnc2)N2CCN(c3ccccc3)CC2)cc1. The van der Waals surface area contributed by atoms with Crippen LogP contribution in [0.4, 0.5) is 11.4 Å². The molecule has 2 heterocycles. The molecule has 2 aromatic carbocycles. The number of piperazine rings is 1. The maximum atomic E-state index is 12.6. The Morgan fingerprint density at radius 1 is 0.943 bits per heavy atom. The highest BCUT2D eigenvalue weighted by Crippen LogP contribution is 2.23. The van der Waals surface area contributed by atoms with Crippen LogP contribution in [0.25, 0.3) is 0 Å². The number of rotatable bonds is 8. The number of ether oxygens (including phenoxy) is 1. The number of carbonyl (C=O) groups is 2. The van der Waals surface area contributed by atoms with Crippen molar-refractivity contribution in [2.24, 2.45) is 0 Å². The average Bonchev–Trinajstić information content (AvgIpc) is 2.91. The number of nitrogens with one attached hydrogen (secondary N) is 2. The first kappa shape index (κ1) is 24.2. The number of para-hydroxylation sites is 1. The van der Waals surface area contributed by atoms with Crippen molar-refractivity contribution in [3.63, 3.8) is 0 Å². The lowest BCUT2D eigenvalue weighted by Gasteiger charge is -2.40.